The molecule has 11 heteroatoms. The van der Waals surface area contributed by atoms with Gasteiger partial charge in [-0.05, 0) is 38.1 Å². The van der Waals surface area contributed by atoms with Gasteiger partial charge >= 0.3 is 6.09 Å². The monoisotopic (exact) mass is 527 g/mol. The Labute approximate surface area is 210 Å². The minimum absolute atomic E-state index is 0.0706. The lowest BCUT2D eigenvalue weighted by Gasteiger charge is -2.35. The highest BCUT2D eigenvalue weighted by Crippen LogP contribution is 2.28. The van der Waals surface area contributed by atoms with E-state index in [4.69, 9.17) is 27.9 Å². The molecule has 34 heavy (non-hydrogen) atoms. The number of sulfonamides is 1. The van der Waals surface area contributed by atoms with Crippen molar-refractivity contribution in [2.24, 2.45) is 0 Å². The molecule has 0 N–H and O–H groups in total. The Kier molecular flexibility index (Phi) is 8.81. The van der Waals surface area contributed by atoms with Crippen LogP contribution in [0.2, 0.25) is 10.0 Å². The lowest BCUT2D eigenvalue weighted by Crippen LogP contribution is -2.53. The standard InChI is InChI=1S/C23H27Cl2N3O5S/c1-3-33-23(30)27-13-11-26(12-14-27)22(29)16-28(15-19-20(24)5-4-6-21(19)25)34(31,32)18-9-7-17(2)8-10-18/h4-10H,3,11-16H2,1-2H3. The number of benzene rings is 2. The fourth-order valence-corrected chi connectivity index (χ4v) is 5.42. The molecule has 0 spiro atoms. The third-order valence-electron chi connectivity index (χ3n) is 5.52. The predicted molar refractivity (Wildman–Crippen MR) is 130 cm³/mol. The summed E-state index contributed by atoms with van der Waals surface area (Å²) in [7, 11) is -4.03. The minimum atomic E-state index is -4.03. The summed E-state index contributed by atoms with van der Waals surface area (Å²) in [5, 5.41) is 0.624. The molecule has 3 rings (SSSR count). The van der Waals surface area contributed by atoms with Crippen LogP contribution >= 0.6 is 23.2 Å². The number of amides is 2. The summed E-state index contributed by atoms with van der Waals surface area (Å²) in [6.07, 6.45) is -0.425. The van der Waals surface area contributed by atoms with Crippen molar-refractivity contribution >= 4 is 45.2 Å². The predicted octanol–water partition coefficient (Wildman–Crippen LogP) is 3.79. The van der Waals surface area contributed by atoms with E-state index in [1.165, 1.54) is 17.0 Å². The van der Waals surface area contributed by atoms with Gasteiger partial charge in [0.05, 0.1) is 18.0 Å². The molecule has 0 atom stereocenters. The fraction of sp³-hybridized carbons (Fsp3) is 0.391. The molecule has 2 aromatic carbocycles. The number of rotatable bonds is 7. The molecule has 0 radical (unpaired) electrons. The number of piperazine rings is 1. The molecule has 0 unspecified atom stereocenters. The first-order chi connectivity index (χ1) is 16.1. The molecule has 0 saturated carbocycles. The van der Waals surface area contributed by atoms with Crippen LogP contribution in [0.1, 0.15) is 18.1 Å². The molecular formula is C23H27Cl2N3O5S. The number of nitrogens with zero attached hydrogens (tertiary/aromatic N) is 3. The van der Waals surface area contributed by atoms with Crippen LogP contribution in [0.15, 0.2) is 47.4 Å². The fourth-order valence-electron chi connectivity index (χ4n) is 3.55. The van der Waals surface area contributed by atoms with Gasteiger partial charge in [-0.1, -0.05) is 47.0 Å². The Bertz CT molecular complexity index is 1110. The van der Waals surface area contributed by atoms with Crippen LogP contribution in [0.3, 0.4) is 0 Å². The first kappa shape index (κ1) is 26.3. The van der Waals surface area contributed by atoms with Gasteiger partial charge in [0.2, 0.25) is 15.9 Å². The lowest BCUT2D eigenvalue weighted by atomic mass is 10.2. The largest absolute Gasteiger partial charge is 0.450 e. The number of hydrogen-bond donors (Lipinski definition) is 0. The van der Waals surface area contributed by atoms with E-state index >= 15 is 0 Å². The van der Waals surface area contributed by atoms with E-state index in [2.05, 4.69) is 0 Å². The summed E-state index contributed by atoms with van der Waals surface area (Å²) in [5.74, 6) is -0.373. The SMILES string of the molecule is CCOC(=O)N1CCN(C(=O)CN(Cc2c(Cl)cccc2Cl)S(=O)(=O)c2ccc(C)cc2)CC1. The van der Waals surface area contributed by atoms with Crippen LogP contribution in [-0.4, -0.2) is 73.9 Å². The van der Waals surface area contributed by atoms with Gasteiger partial charge in [-0.3, -0.25) is 4.79 Å². The average molecular weight is 528 g/mol. The summed E-state index contributed by atoms with van der Waals surface area (Å²) in [5.41, 5.74) is 1.33. The van der Waals surface area contributed by atoms with Crippen LogP contribution < -0.4 is 0 Å². The second-order valence-corrected chi connectivity index (χ2v) is 10.6. The number of ether oxygens (including phenoxy) is 1. The highest BCUT2D eigenvalue weighted by atomic mass is 35.5. The van der Waals surface area contributed by atoms with Gasteiger partial charge in [0.1, 0.15) is 0 Å². The normalized spacial score (nSPS) is 14.4. The number of carbonyl (C=O) groups is 2. The van der Waals surface area contributed by atoms with E-state index in [1.54, 1.807) is 42.2 Å². The van der Waals surface area contributed by atoms with Crippen LogP contribution in [0, 0.1) is 6.92 Å². The van der Waals surface area contributed by atoms with E-state index in [-0.39, 0.29) is 37.0 Å². The zero-order chi connectivity index (χ0) is 24.9. The van der Waals surface area contributed by atoms with Crippen LogP contribution in [0.25, 0.3) is 0 Å². The van der Waals surface area contributed by atoms with E-state index in [0.717, 1.165) is 9.87 Å². The first-order valence-corrected chi connectivity index (χ1v) is 13.0. The van der Waals surface area contributed by atoms with Gasteiger partial charge in [-0.25, -0.2) is 13.2 Å². The van der Waals surface area contributed by atoms with E-state index in [1.807, 2.05) is 6.92 Å². The lowest BCUT2D eigenvalue weighted by molar-refractivity contribution is -0.133. The molecule has 2 aromatic rings. The molecule has 1 fully saturated rings. The van der Waals surface area contributed by atoms with Crippen molar-refractivity contribution < 1.29 is 22.7 Å². The summed E-state index contributed by atoms with van der Waals surface area (Å²) < 4.78 is 33.1. The topological polar surface area (TPSA) is 87.2 Å². The molecule has 0 bridgehead atoms. The number of halogens is 2. The van der Waals surface area contributed by atoms with Crippen molar-refractivity contribution in [1.82, 2.24) is 14.1 Å². The second kappa shape index (κ2) is 11.4. The molecule has 1 heterocycles. The van der Waals surface area contributed by atoms with E-state index in [9.17, 15) is 18.0 Å². The zero-order valence-corrected chi connectivity index (χ0v) is 21.4. The highest BCUT2D eigenvalue weighted by molar-refractivity contribution is 7.89. The van der Waals surface area contributed by atoms with Crippen molar-refractivity contribution in [3.63, 3.8) is 0 Å². The Morgan fingerprint density at radius 3 is 2.09 bits per heavy atom. The summed E-state index contributed by atoms with van der Waals surface area (Å²) >= 11 is 12.6. The molecular weight excluding hydrogens is 501 g/mol. The summed E-state index contributed by atoms with van der Waals surface area (Å²) in [4.78, 5) is 28.2. The molecule has 0 aliphatic carbocycles. The average Bonchev–Trinajstić information content (AvgIpc) is 2.81. The van der Waals surface area contributed by atoms with Gasteiger partial charge in [0.25, 0.3) is 0 Å². The van der Waals surface area contributed by atoms with E-state index in [0.29, 0.717) is 28.7 Å². The van der Waals surface area contributed by atoms with E-state index < -0.39 is 22.7 Å². The Morgan fingerprint density at radius 1 is 0.971 bits per heavy atom. The molecule has 0 aromatic heterocycles. The van der Waals surface area contributed by atoms with Gasteiger partial charge < -0.3 is 14.5 Å². The van der Waals surface area contributed by atoms with Crippen molar-refractivity contribution in [3.8, 4) is 0 Å². The van der Waals surface area contributed by atoms with Crippen LogP contribution in [0.4, 0.5) is 4.79 Å². The minimum Gasteiger partial charge on any atom is -0.450 e. The third-order valence-corrected chi connectivity index (χ3v) is 8.04. The highest BCUT2D eigenvalue weighted by Gasteiger charge is 2.31. The molecule has 184 valence electrons. The maximum absolute atomic E-state index is 13.5. The van der Waals surface area contributed by atoms with Crippen LogP contribution in [-0.2, 0) is 26.1 Å². The maximum atomic E-state index is 13.5. The molecule has 2 amide bonds. The molecule has 8 nitrogen and oxygen atoms in total. The summed E-state index contributed by atoms with van der Waals surface area (Å²) in [6, 6.07) is 11.3. The zero-order valence-electron chi connectivity index (χ0n) is 19.0. The Hall–Kier alpha value is -2.33. The quantitative estimate of drug-likeness (QED) is 0.546. The van der Waals surface area contributed by atoms with Gasteiger partial charge in [0.15, 0.2) is 0 Å². The Morgan fingerprint density at radius 2 is 1.53 bits per heavy atom. The molecule has 1 aliphatic rings. The maximum Gasteiger partial charge on any atom is 0.409 e. The van der Waals surface area contributed by atoms with Gasteiger partial charge in [0, 0.05) is 48.3 Å². The van der Waals surface area contributed by atoms with Gasteiger partial charge in [-0.15, -0.1) is 0 Å². The van der Waals surface area contributed by atoms with Crippen molar-refractivity contribution in [2.45, 2.75) is 25.3 Å². The first-order valence-electron chi connectivity index (χ1n) is 10.8. The number of hydrogen-bond acceptors (Lipinski definition) is 5. The number of aryl methyl sites for hydroxylation is 1. The van der Waals surface area contributed by atoms with Crippen LogP contribution in [0.5, 0.6) is 0 Å². The molecule has 1 aliphatic heterocycles. The van der Waals surface area contributed by atoms with Crippen molar-refractivity contribution in [3.05, 3.63) is 63.6 Å². The Balaban J connectivity index is 1.82. The van der Waals surface area contributed by atoms with Crippen molar-refractivity contribution in [1.29, 1.82) is 0 Å². The van der Waals surface area contributed by atoms with Gasteiger partial charge in [-0.2, -0.15) is 4.31 Å². The molecule has 1 saturated heterocycles. The smallest absolute Gasteiger partial charge is 0.409 e. The third kappa shape index (κ3) is 6.21. The van der Waals surface area contributed by atoms with Crippen molar-refractivity contribution in [2.75, 3.05) is 39.3 Å². The summed E-state index contributed by atoms with van der Waals surface area (Å²) in [6.45, 7) is 4.49. The number of carbonyl (C=O) groups excluding carboxylic acids is 2. The second-order valence-electron chi connectivity index (χ2n) is 7.85.